The Hall–Kier alpha value is -2.57. The van der Waals surface area contributed by atoms with Gasteiger partial charge in [-0.1, -0.05) is 18.2 Å². The van der Waals surface area contributed by atoms with Gasteiger partial charge >= 0.3 is 21.1 Å². The number of hydrogen-bond acceptors (Lipinski definition) is 2. The van der Waals surface area contributed by atoms with Crippen LogP contribution >= 0.6 is 0 Å². The SMILES string of the molecule is [Pt+2].[c-]1ccccc1Cc1[c-]c(-c2cccc(-c3ccccn3)n2)ccc1. The van der Waals surface area contributed by atoms with Crippen LogP contribution < -0.4 is 0 Å². The van der Waals surface area contributed by atoms with Gasteiger partial charge in [-0.3, -0.25) is 9.97 Å². The van der Waals surface area contributed by atoms with Crippen LogP contribution in [0.4, 0.5) is 0 Å². The van der Waals surface area contributed by atoms with E-state index in [0.717, 1.165) is 40.2 Å². The van der Waals surface area contributed by atoms with Crippen molar-refractivity contribution in [2.45, 2.75) is 6.42 Å². The summed E-state index contributed by atoms with van der Waals surface area (Å²) in [5.41, 5.74) is 5.93. The summed E-state index contributed by atoms with van der Waals surface area (Å²) in [6.07, 6.45) is 2.60. The van der Waals surface area contributed by atoms with E-state index in [1.807, 2.05) is 60.7 Å². The van der Waals surface area contributed by atoms with E-state index >= 15 is 0 Å². The molecule has 0 aliphatic carbocycles. The van der Waals surface area contributed by atoms with Gasteiger partial charge in [-0.05, 0) is 30.3 Å². The Morgan fingerprint density at radius 3 is 2.27 bits per heavy atom. The number of pyridine rings is 2. The minimum absolute atomic E-state index is 0. The van der Waals surface area contributed by atoms with E-state index in [1.54, 1.807) is 6.20 Å². The summed E-state index contributed by atoms with van der Waals surface area (Å²) >= 11 is 0. The molecule has 0 bridgehead atoms. The average Bonchev–Trinajstić information content (AvgIpc) is 2.70. The zero-order valence-corrected chi connectivity index (χ0v) is 16.3. The van der Waals surface area contributed by atoms with E-state index in [4.69, 9.17) is 4.98 Å². The first-order valence-corrected chi connectivity index (χ1v) is 8.24. The van der Waals surface area contributed by atoms with Crippen molar-refractivity contribution in [1.82, 2.24) is 9.97 Å². The fraction of sp³-hybridized carbons (Fsp3) is 0.0435. The van der Waals surface area contributed by atoms with Crippen LogP contribution in [0, 0.1) is 12.1 Å². The third kappa shape index (κ3) is 4.33. The molecule has 0 fully saturated rings. The molecule has 0 saturated heterocycles. The summed E-state index contributed by atoms with van der Waals surface area (Å²) in [6, 6.07) is 32.8. The standard InChI is InChI=1S/C23H16N2.Pt/c1-2-8-18(9-3-1)16-19-10-6-11-20(17-19)21-13-7-14-23(25-21)22-12-4-5-15-24-22;/h1-8,10-15H,16H2;/q-2;+2. The van der Waals surface area contributed by atoms with Crippen LogP contribution in [0.2, 0.25) is 0 Å². The maximum absolute atomic E-state index is 4.76. The van der Waals surface area contributed by atoms with E-state index in [1.165, 1.54) is 0 Å². The molecule has 0 amide bonds. The van der Waals surface area contributed by atoms with Gasteiger partial charge in [-0.25, -0.2) is 0 Å². The summed E-state index contributed by atoms with van der Waals surface area (Å²) in [5.74, 6) is 0. The maximum Gasteiger partial charge on any atom is 2.00 e. The molecule has 2 aromatic heterocycles. The number of nitrogens with zero attached hydrogens (tertiary/aromatic N) is 2. The van der Waals surface area contributed by atoms with Crippen LogP contribution in [0.3, 0.4) is 0 Å². The van der Waals surface area contributed by atoms with Crippen LogP contribution in [0.25, 0.3) is 22.6 Å². The monoisotopic (exact) mass is 515 g/mol. The molecule has 4 aromatic rings. The van der Waals surface area contributed by atoms with Gasteiger partial charge in [0.1, 0.15) is 0 Å². The normalized spacial score (nSPS) is 10.2. The molecule has 0 unspecified atom stereocenters. The quantitative estimate of drug-likeness (QED) is 0.358. The Balaban J connectivity index is 0.00000196. The van der Waals surface area contributed by atoms with Gasteiger partial charge in [0.05, 0.1) is 11.4 Å². The number of benzene rings is 2. The van der Waals surface area contributed by atoms with Crippen molar-refractivity contribution < 1.29 is 21.1 Å². The Labute approximate surface area is 168 Å². The molecule has 128 valence electrons. The van der Waals surface area contributed by atoms with E-state index in [-0.39, 0.29) is 21.1 Å². The zero-order valence-electron chi connectivity index (χ0n) is 14.0. The van der Waals surface area contributed by atoms with Gasteiger partial charge in [0.25, 0.3) is 0 Å². The molecule has 26 heavy (non-hydrogen) atoms. The van der Waals surface area contributed by atoms with E-state index in [0.29, 0.717) is 0 Å². The third-order valence-electron chi connectivity index (χ3n) is 3.96. The van der Waals surface area contributed by atoms with E-state index in [9.17, 15) is 0 Å². The van der Waals surface area contributed by atoms with Crippen molar-refractivity contribution in [3.63, 3.8) is 0 Å². The molecule has 4 rings (SSSR count). The van der Waals surface area contributed by atoms with Gasteiger partial charge < -0.3 is 0 Å². The predicted octanol–water partition coefficient (Wildman–Crippen LogP) is 5.00. The number of aromatic nitrogens is 2. The molecule has 3 heteroatoms. The first kappa shape index (κ1) is 18.2. The third-order valence-corrected chi connectivity index (χ3v) is 3.96. The molecule has 2 aromatic carbocycles. The second kappa shape index (κ2) is 8.69. The van der Waals surface area contributed by atoms with Crippen LogP contribution in [0.5, 0.6) is 0 Å². The summed E-state index contributed by atoms with van der Waals surface area (Å²) in [6.45, 7) is 0. The molecule has 2 heterocycles. The van der Waals surface area contributed by atoms with Crippen molar-refractivity contribution in [1.29, 1.82) is 0 Å². The van der Waals surface area contributed by atoms with Gasteiger partial charge in [-0.2, -0.15) is 35.9 Å². The van der Waals surface area contributed by atoms with Gasteiger partial charge in [0.2, 0.25) is 0 Å². The zero-order chi connectivity index (χ0) is 16.9. The average molecular weight is 515 g/mol. The molecule has 0 atom stereocenters. The molecule has 2 nitrogen and oxygen atoms in total. The van der Waals surface area contributed by atoms with Crippen LogP contribution in [-0.2, 0) is 27.5 Å². The predicted molar refractivity (Wildman–Crippen MR) is 99.8 cm³/mol. The van der Waals surface area contributed by atoms with Gasteiger partial charge in [-0.15, -0.1) is 35.4 Å². The molecular weight excluding hydrogens is 499 g/mol. The fourth-order valence-electron chi connectivity index (χ4n) is 2.76. The molecule has 0 spiro atoms. The minimum atomic E-state index is 0. The largest absolute Gasteiger partial charge is 2.00 e. The van der Waals surface area contributed by atoms with Crippen LogP contribution in [0.1, 0.15) is 11.1 Å². The van der Waals surface area contributed by atoms with Crippen molar-refractivity contribution in [3.8, 4) is 22.6 Å². The number of rotatable bonds is 4. The van der Waals surface area contributed by atoms with Crippen LogP contribution in [-0.4, -0.2) is 9.97 Å². The number of hydrogen-bond donors (Lipinski definition) is 0. The Morgan fingerprint density at radius 1 is 0.692 bits per heavy atom. The first-order chi connectivity index (χ1) is 12.4. The molecule has 0 saturated carbocycles. The van der Waals surface area contributed by atoms with Gasteiger partial charge in [0.15, 0.2) is 0 Å². The second-order valence-electron chi connectivity index (χ2n) is 5.78. The van der Waals surface area contributed by atoms with E-state index in [2.05, 4.69) is 35.3 Å². The summed E-state index contributed by atoms with van der Waals surface area (Å²) in [5, 5.41) is 0. The van der Waals surface area contributed by atoms with Gasteiger partial charge in [0, 0.05) is 6.20 Å². The maximum atomic E-state index is 4.76. The van der Waals surface area contributed by atoms with Crippen molar-refractivity contribution >= 4 is 0 Å². The molecule has 0 N–H and O–H groups in total. The molecular formula is C23H16N2Pt. The van der Waals surface area contributed by atoms with Crippen molar-refractivity contribution in [2.24, 2.45) is 0 Å². The Bertz CT molecular complexity index is 969. The second-order valence-corrected chi connectivity index (χ2v) is 5.78. The summed E-state index contributed by atoms with van der Waals surface area (Å²) in [4.78, 5) is 9.14. The van der Waals surface area contributed by atoms with Crippen molar-refractivity contribution in [2.75, 3.05) is 0 Å². The van der Waals surface area contributed by atoms with E-state index < -0.39 is 0 Å². The van der Waals surface area contributed by atoms with Crippen LogP contribution in [0.15, 0.2) is 85.1 Å². The topological polar surface area (TPSA) is 25.8 Å². The fourth-order valence-corrected chi connectivity index (χ4v) is 2.76. The summed E-state index contributed by atoms with van der Waals surface area (Å²) < 4.78 is 0. The molecule has 0 aliphatic rings. The Kier molecular flexibility index (Phi) is 6.09. The molecule has 0 radical (unpaired) electrons. The smallest absolute Gasteiger partial charge is 0.295 e. The van der Waals surface area contributed by atoms with Crippen molar-refractivity contribution in [3.05, 3.63) is 108 Å². The minimum Gasteiger partial charge on any atom is -0.295 e. The Morgan fingerprint density at radius 2 is 1.46 bits per heavy atom. The molecule has 0 aliphatic heterocycles. The first-order valence-electron chi connectivity index (χ1n) is 8.24. The summed E-state index contributed by atoms with van der Waals surface area (Å²) in [7, 11) is 0.